The van der Waals surface area contributed by atoms with Crippen LogP contribution in [-0.2, 0) is 16.0 Å². The minimum absolute atomic E-state index is 0.0509. The van der Waals surface area contributed by atoms with Crippen molar-refractivity contribution in [3.8, 4) is 5.75 Å². The summed E-state index contributed by atoms with van der Waals surface area (Å²) < 4.78 is 19.0. The second kappa shape index (κ2) is 9.10. The van der Waals surface area contributed by atoms with Crippen LogP contribution in [-0.4, -0.2) is 40.3 Å². The maximum absolute atomic E-state index is 13.5. The minimum atomic E-state index is -0.860. The molecule has 1 aliphatic rings. The number of carbonyl (C=O) groups excluding carboxylic acids is 2. The zero-order valence-electron chi connectivity index (χ0n) is 19.0. The third kappa shape index (κ3) is 3.95. The first-order valence-electron chi connectivity index (χ1n) is 11.2. The Morgan fingerprint density at radius 2 is 1.74 bits per heavy atom. The predicted octanol–water partition coefficient (Wildman–Crippen LogP) is 4.98. The van der Waals surface area contributed by atoms with Gasteiger partial charge in [0.25, 0.3) is 11.7 Å². The van der Waals surface area contributed by atoms with Gasteiger partial charge in [0.05, 0.1) is 18.7 Å². The van der Waals surface area contributed by atoms with E-state index in [2.05, 4.69) is 4.98 Å². The van der Waals surface area contributed by atoms with Crippen LogP contribution in [0, 0.1) is 5.82 Å². The average Bonchev–Trinajstić information content (AvgIpc) is 3.41. The van der Waals surface area contributed by atoms with E-state index in [9.17, 15) is 19.1 Å². The Hall–Kier alpha value is -4.39. The van der Waals surface area contributed by atoms with Gasteiger partial charge >= 0.3 is 0 Å². The summed E-state index contributed by atoms with van der Waals surface area (Å²) in [5.74, 6) is -1.83. The molecule has 3 aromatic carbocycles. The molecule has 0 spiro atoms. The summed E-state index contributed by atoms with van der Waals surface area (Å²) in [6, 6.07) is 19.2. The van der Waals surface area contributed by atoms with E-state index < -0.39 is 23.5 Å². The number of aromatic nitrogens is 1. The number of aromatic amines is 1. The topological polar surface area (TPSA) is 82.6 Å². The SMILES string of the molecule is COc1ccccc1C1C(=C(O)c2ccc(F)cc2)C(=O)C(=O)N1CCc1c[nH]c2ccccc12. The van der Waals surface area contributed by atoms with E-state index in [1.54, 1.807) is 24.3 Å². The zero-order chi connectivity index (χ0) is 24.5. The van der Waals surface area contributed by atoms with E-state index in [0.717, 1.165) is 16.5 Å². The van der Waals surface area contributed by atoms with Gasteiger partial charge in [-0.15, -0.1) is 0 Å². The van der Waals surface area contributed by atoms with Crippen molar-refractivity contribution in [1.82, 2.24) is 9.88 Å². The van der Waals surface area contributed by atoms with Crippen molar-refractivity contribution >= 4 is 28.4 Å². The van der Waals surface area contributed by atoms with Crippen molar-refractivity contribution in [3.05, 3.63) is 107 Å². The third-order valence-electron chi connectivity index (χ3n) is 6.39. The number of Topliss-reactive ketones (excluding diaryl/α,β-unsaturated/α-hetero) is 1. The van der Waals surface area contributed by atoms with Crippen LogP contribution in [0.5, 0.6) is 5.75 Å². The molecule has 4 aromatic rings. The van der Waals surface area contributed by atoms with Gasteiger partial charge in [-0.05, 0) is 48.4 Å². The molecular weight excluding hydrogens is 447 g/mol. The van der Waals surface area contributed by atoms with E-state index >= 15 is 0 Å². The molecule has 1 aromatic heterocycles. The van der Waals surface area contributed by atoms with E-state index in [1.807, 2.05) is 30.5 Å². The molecular formula is C28H23FN2O4. The van der Waals surface area contributed by atoms with Crippen LogP contribution >= 0.6 is 0 Å². The normalized spacial score (nSPS) is 17.3. The summed E-state index contributed by atoms with van der Waals surface area (Å²) in [5, 5.41) is 12.2. The number of benzene rings is 3. The molecule has 5 rings (SSSR count). The monoisotopic (exact) mass is 470 g/mol. The molecule has 35 heavy (non-hydrogen) atoms. The second-order valence-electron chi connectivity index (χ2n) is 8.35. The van der Waals surface area contributed by atoms with Gasteiger partial charge in [0, 0.05) is 34.8 Å². The molecule has 6 nitrogen and oxygen atoms in total. The lowest BCUT2D eigenvalue weighted by atomic mass is 9.94. The quantitative estimate of drug-likeness (QED) is 0.237. The van der Waals surface area contributed by atoms with Crippen LogP contribution in [0.4, 0.5) is 4.39 Å². The van der Waals surface area contributed by atoms with Crippen molar-refractivity contribution in [2.24, 2.45) is 0 Å². The van der Waals surface area contributed by atoms with Gasteiger partial charge in [0.1, 0.15) is 17.3 Å². The standard InChI is InChI=1S/C28H23FN2O4/c1-35-23-9-5-3-7-21(23)25-24(26(32)17-10-12-19(29)13-11-17)27(33)28(34)31(25)15-14-18-16-30-22-8-4-2-6-20(18)22/h2-13,16,25,30,32H,14-15H2,1H3. The van der Waals surface area contributed by atoms with E-state index in [-0.39, 0.29) is 23.4 Å². The highest BCUT2D eigenvalue weighted by Crippen LogP contribution is 2.42. The number of ether oxygens (including phenoxy) is 1. The molecule has 2 N–H and O–H groups in total. The molecule has 1 aliphatic heterocycles. The van der Waals surface area contributed by atoms with Crippen molar-refractivity contribution in [2.75, 3.05) is 13.7 Å². The van der Waals surface area contributed by atoms with Gasteiger partial charge in [-0.3, -0.25) is 9.59 Å². The number of nitrogens with zero attached hydrogens (tertiary/aromatic N) is 1. The molecule has 1 fully saturated rings. The lowest BCUT2D eigenvalue weighted by Crippen LogP contribution is -2.31. The second-order valence-corrected chi connectivity index (χ2v) is 8.35. The highest BCUT2D eigenvalue weighted by atomic mass is 19.1. The number of likely N-dealkylation sites (tertiary alicyclic amines) is 1. The Kier molecular flexibility index (Phi) is 5.82. The number of hydrogen-bond acceptors (Lipinski definition) is 4. The van der Waals surface area contributed by atoms with Crippen LogP contribution in [0.1, 0.15) is 22.7 Å². The number of rotatable bonds is 6. The predicted molar refractivity (Wildman–Crippen MR) is 130 cm³/mol. The van der Waals surface area contributed by atoms with Gasteiger partial charge in [0.15, 0.2) is 0 Å². The van der Waals surface area contributed by atoms with Gasteiger partial charge in [-0.25, -0.2) is 4.39 Å². The number of carbonyl (C=O) groups is 2. The summed E-state index contributed by atoms with van der Waals surface area (Å²) in [4.78, 5) is 31.2. The Morgan fingerprint density at radius 1 is 1.03 bits per heavy atom. The molecule has 0 radical (unpaired) electrons. The van der Waals surface area contributed by atoms with Gasteiger partial charge in [-0.2, -0.15) is 0 Å². The fourth-order valence-electron chi connectivity index (χ4n) is 4.67. The molecule has 1 atom stereocenters. The first-order valence-corrected chi connectivity index (χ1v) is 11.2. The van der Waals surface area contributed by atoms with E-state index in [0.29, 0.717) is 17.7 Å². The van der Waals surface area contributed by atoms with Crippen molar-refractivity contribution in [2.45, 2.75) is 12.5 Å². The van der Waals surface area contributed by atoms with E-state index in [1.165, 1.54) is 36.3 Å². The van der Waals surface area contributed by atoms with Crippen molar-refractivity contribution in [3.63, 3.8) is 0 Å². The van der Waals surface area contributed by atoms with Gasteiger partial charge in [0.2, 0.25) is 0 Å². The Bertz CT molecular complexity index is 1460. The number of aliphatic hydroxyl groups excluding tert-OH is 1. The Labute approximate surface area is 201 Å². The summed E-state index contributed by atoms with van der Waals surface area (Å²) in [7, 11) is 1.51. The molecule has 1 unspecified atom stereocenters. The molecule has 1 amide bonds. The maximum Gasteiger partial charge on any atom is 0.295 e. The number of hydrogen-bond donors (Lipinski definition) is 2. The molecule has 2 heterocycles. The molecule has 176 valence electrons. The number of ketones is 1. The van der Waals surface area contributed by atoms with Crippen LogP contribution in [0.15, 0.2) is 84.6 Å². The zero-order valence-corrected chi connectivity index (χ0v) is 19.0. The lowest BCUT2D eigenvalue weighted by molar-refractivity contribution is -0.139. The number of fused-ring (bicyclic) bond motifs is 1. The van der Waals surface area contributed by atoms with Gasteiger partial charge in [-0.1, -0.05) is 36.4 Å². The first kappa shape index (κ1) is 22.4. The van der Waals surface area contributed by atoms with E-state index in [4.69, 9.17) is 4.74 Å². The molecule has 7 heteroatoms. The number of para-hydroxylation sites is 2. The summed E-state index contributed by atoms with van der Waals surface area (Å²) in [6.07, 6.45) is 2.40. The highest BCUT2D eigenvalue weighted by molar-refractivity contribution is 6.46. The maximum atomic E-state index is 13.5. The number of nitrogens with one attached hydrogen (secondary N) is 1. The fourth-order valence-corrected chi connectivity index (χ4v) is 4.67. The molecule has 0 saturated carbocycles. The van der Waals surface area contributed by atoms with Crippen LogP contribution in [0.25, 0.3) is 16.7 Å². The summed E-state index contributed by atoms with van der Waals surface area (Å²) in [5.41, 5.74) is 2.78. The fraction of sp³-hybridized carbons (Fsp3) is 0.143. The number of amides is 1. The van der Waals surface area contributed by atoms with Crippen LogP contribution in [0.2, 0.25) is 0 Å². The Balaban J connectivity index is 1.59. The number of halogens is 1. The minimum Gasteiger partial charge on any atom is -0.507 e. The number of methoxy groups -OCH3 is 1. The Morgan fingerprint density at radius 3 is 2.51 bits per heavy atom. The molecule has 1 saturated heterocycles. The van der Waals surface area contributed by atoms with Gasteiger partial charge < -0.3 is 19.7 Å². The highest BCUT2D eigenvalue weighted by Gasteiger charge is 2.46. The number of aliphatic hydroxyl groups is 1. The average molecular weight is 471 g/mol. The largest absolute Gasteiger partial charge is 0.507 e. The van der Waals surface area contributed by atoms with Crippen LogP contribution < -0.4 is 4.74 Å². The molecule has 0 bridgehead atoms. The summed E-state index contributed by atoms with van der Waals surface area (Å²) in [6.45, 7) is 0.245. The number of H-pyrrole nitrogens is 1. The smallest absolute Gasteiger partial charge is 0.295 e. The summed E-state index contributed by atoms with van der Waals surface area (Å²) >= 11 is 0. The first-order chi connectivity index (χ1) is 17.0. The molecule has 0 aliphatic carbocycles. The van der Waals surface area contributed by atoms with Crippen LogP contribution in [0.3, 0.4) is 0 Å². The van der Waals surface area contributed by atoms with Crippen molar-refractivity contribution in [1.29, 1.82) is 0 Å². The third-order valence-corrected chi connectivity index (χ3v) is 6.39. The lowest BCUT2D eigenvalue weighted by Gasteiger charge is -2.26. The van der Waals surface area contributed by atoms with Crippen molar-refractivity contribution < 1.29 is 23.8 Å².